The second-order valence-electron chi connectivity index (χ2n) is 9.96. The fraction of sp³-hybridized carbons (Fsp3) is 0.233. The van der Waals surface area contributed by atoms with Gasteiger partial charge in [0.1, 0.15) is 11.5 Å². The first-order chi connectivity index (χ1) is 19.7. The van der Waals surface area contributed by atoms with Gasteiger partial charge in [0.05, 0.1) is 24.3 Å². The van der Waals surface area contributed by atoms with Gasteiger partial charge in [0.15, 0.2) is 6.61 Å². The van der Waals surface area contributed by atoms with E-state index in [9.17, 15) is 27.6 Å². The molecule has 0 atom stereocenters. The SMILES string of the molecule is CC(C)(COC(=O)C=Cc1ccc(OC(=O)c2ccc(OCC(F)(F)F)cc2)cc1)COC(=O)c1cc(N)cc(N)c1. The molecule has 222 valence electrons. The summed E-state index contributed by atoms with van der Waals surface area (Å²) in [6.07, 6.45) is -1.74. The molecule has 0 aliphatic heterocycles. The van der Waals surface area contributed by atoms with E-state index in [0.29, 0.717) is 16.9 Å². The molecular formula is C30H29F3N2O7. The summed E-state index contributed by atoms with van der Waals surface area (Å²) in [7, 11) is 0. The fourth-order valence-corrected chi connectivity index (χ4v) is 3.32. The van der Waals surface area contributed by atoms with Gasteiger partial charge in [0.2, 0.25) is 0 Å². The van der Waals surface area contributed by atoms with Gasteiger partial charge in [-0.25, -0.2) is 14.4 Å². The molecule has 12 heteroatoms. The van der Waals surface area contributed by atoms with Crippen LogP contribution in [-0.4, -0.2) is 43.9 Å². The summed E-state index contributed by atoms with van der Waals surface area (Å²) in [5.41, 5.74) is 12.4. The minimum absolute atomic E-state index is 0.0201. The van der Waals surface area contributed by atoms with Crippen molar-refractivity contribution in [1.29, 1.82) is 0 Å². The molecule has 0 aliphatic rings. The fourth-order valence-electron chi connectivity index (χ4n) is 3.32. The lowest BCUT2D eigenvalue weighted by Gasteiger charge is -2.23. The standard InChI is InChI=1S/C30H29F3N2O7/c1-29(2,17-41-27(37)21-13-22(34)15-23(35)14-21)16-40-26(36)12-5-19-3-8-25(9-4-19)42-28(38)20-6-10-24(11-7-20)39-18-30(31,32)33/h3-15H,16-18,34-35H2,1-2H3. The Balaban J connectivity index is 1.44. The molecule has 4 N–H and O–H groups in total. The monoisotopic (exact) mass is 586 g/mol. The number of nitrogen functional groups attached to an aromatic ring is 2. The highest BCUT2D eigenvalue weighted by molar-refractivity contribution is 5.92. The Hall–Kier alpha value is -5.00. The van der Waals surface area contributed by atoms with Gasteiger partial charge >= 0.3 is 24.1 Å². The second-order valence-corrected chi connectivity index (χ2v) is 9.96. The van der Waals surface area contributed by atoms with Crippen molar-refractivity contribution >= 4 is 35.4 Å². The minimum atomic E-state index is -4.47. The third kappa shape index (κ3) is 10.5. The summed E-state index contributed by atoms with van der Waals surface area (Å²) >= 11 is 0. The van der Waals surface area contributed by atoms with Crippen LogP contribution in [0, 0.1) is 5.41 Å². The first-order valence-corrected chi connectivity index (χ1v) is 12.5. The van der Waals surface area contributed by atoms with Crippen LogP contribution in [-0.2, 0) is 14.3 Å². The number of halogens is 3. The van der Waals surface area contributed by atoms with E-state index in [-0.39, 0.29) is 35.8 Å². The Morgan fingerprint density at radius 1 is 0.738 bits per heavy atom. The number of benzene rings is 3. The number of carbonyl (C=O) groups excluding carboxylic acids is 3. The Morgan fingerprint density at radius 3 is 1.90 bits per heavy atom. The summed E-state index contributed by atoms with van der Waals surface area (Å²) in [4.78, 5) is 36.8. The van der Waals surface area contributed by atoms with Gasteiger partial charge in [-0.2, -0.15) is 13.2 Å². The molecule has 0 saturated carbocycles. The number of hydrogen-bond acceptors (Lipinski definition) is 9. The zero-order valence-electron chi connectivity index (χ0n) is 22.8. The molecule has 0 heterocycles. The van der Waals surface area contributed by atoms with Crippen LogP contribution in [0.1, 0.15) is 40.1 Å². The van der Waals surface area contributed by atoms with Crippen LogP contribution in [0.4, 0.5) is 24.5 Å². The molecule has 0 bridgehead atoms. The second kappa shape index (κ2) is 13.6. The molecule has 0 amide bonds. The normalized spacial score (nSPS) is 11.6. The van der Waals surface area contributed by atoms with Gasteiger partial charge in [0.25, 0.3) is 0 Å². The zero-order valence-corrected chi connectivity index (χ0v) is 22.8. The highest BCUT2D eigenvalue weighted by atomic mass is 19.4. The Labute approximate surface area is 239 Å². The number of esters is 3. The number of rotatable bonds is 11. The maximum absolute atomic E-state index is 12.3. The van der Waals surface area contributed by atoms with Gasteiger partial charge in [0, 0.05) is 22.9 Å². The molecule has 42 heavy (non-hydrogen) atoms. The first kappa shape index (κ1) is 31.5. The average Bonchev–Trinajstić information content (AvgIpc) is 2.93. The molecule has 0 unspecified atom stereocenters. The predicted molar refractivity (Wildman–Crippen MR) is 149 cm³/mol. The molecule has 0 aromatic heterocycles. The Kier molecular flexibility index (Phi) is 10.2. The molecule has 0 fully saturated rings. The molecule has 3 aromatic rings. The van der Waals surface area contributed by atoms with Crippen molar-refractivity contribution in [2.45, 2.75) is 20.0 Å². The van der Waals surface area contributed by atoms with Crippen LogP contribution in [0.15, 0.2) is 72.8 Å². The van der Waals surface area contributed by atoms with E-state index in [2.05, 4.69) is 4.74 Å². The van der Waals surface area contributed by atoms with E-state index in [1.54, 1.807) is 26.0 Å². The molecule has 0 aliphatic carbocycles. The van der Waals surface area contributed by atoms with E-state index >= 15 is 0 Å². The summed E-state index contributed by atoms with van der Waals surface area (Å²) in [6, 6.07) is 15.7. The van der Waals surface area contributed by atoms with E-state index in [0.717, 1.165) is 0 Å². The van der Waals surface area contributed by atoms with Gasteiger partial charge in [-0.15, -0.1) is 0 Å². The van der Waals surface area contributed by atoms with Crippen LogP contribution in [0.5, 0.6) is 11.5 Å². The van der Waals surface area contributed by atoms with Crippen LogP contribution in [0.25, 0.3) is 6.08 Å². The smallest absolute Gasteiger partial charge is 0.422 e. The quantitative estimate of drug-likeness (QED) is 0.130. The lowest BCUT2D eigenvalue weighted by Crippen LogP contribution is -2.28. The zero-order chi connectivity index (χ0) is 30.9. The van der Waals surface area contributed by atoms with Crippen LogP contribution in [0.2, 0.25) is 0 Å². The van der Waals surface area contributed by atoms with E-state index < -0.39 is 36.1 Å². The summed E-state index contributed by atoms with van der Waals surface area (Å²) in [5.74, 6) is -1.75. The van der Waals surface area contributed by atoms with Gasteiger partial charge in [-0.3, -0.25) is 0 Å². The highest BCUT2D eigenvalue weighted by Crippen LogP contribution is 2.22. The van der Waals surface area contributed by atoms with E-state index in [1.165, 1.54) is 66.7 Å². The van der Waals surface area contributed by atoms with Crippen molar-refractivity contribution in [3.8, 4) is 11.5 Å². The van der Waals surface area contributed by atoms with Crippen molar-refractivity contribution < 1.29 is 46.5 Å². The molecule has 0 saturated heterocycles. The lowest BCUT2D eigenvalue weighted by atomic mass is 9.96. The number of carbonyl (C=O) groups is 3. The summed E-state index contributed by atoms with van der Waals surface area (Å²) in [6.45, 7) is 2.05. The van der Waals surface area contributed by atoms with E-state index in [4.69, 9.17) is 25.7 Å². The number of anilines is 2. The van der Waals surface area contributed by atoms with Crippen molar-refractivity contribution in [2.75, 3.05) is 31.3 Å². The Bertz CT molecular complexity index is 1410. The highest BCUT2D eigenvalue weighted by Gasteiger charge is 2.28. The molecule has 0 spiro atoms. The lowest BCUT2D eigenvalue weighted by molar-refractivity contribution is -0.153. The largest absolute Gasteiger partial charge is 0.484 e. The van der Waals surface area contributed by atoms with Crippen LogP contribution < -0.4 is 20.9 Å². The summed E-state index contributed by atoms with van der Waals surface area (Å²) < 4.78 is 57.2. The number of alkyl halides is 3. The molecule has 0 radical (unpaired) electrons. The van der Waals surface area contributed by atoms with Crippen molar-refractivity contribution in [1.82, 2.24) is 0 Å². The average molecular weight is 587 g/mol. The van der Waals surface area contributed by atoms with Gasteiger partial charge < -0.3 is 30.4 Å². The maximum atomic E-state index is 12.3. The van der Waals surface area contributed by atoms with Crippen LogP contribution in [0.3, 0.4) is 0 Å². The topological polar surface area (TPSA) is 140 Å². The minimum Gasteiger partial charge on any atom is -0.484 e. The van der Waals surface area contributed by atoms with Crippen molar-refractivity contribution in [3.63, 3.8) is 0 Å². The summed E-state index contributed by atoms with van der Waals surface area (Å²) in [5, 5.41) is 0. The number of hydrogen-bond donors (Lipinski definition) is 2. The predicted octanol–water partition coefficient (Wildman–Crippen LogP) is 5.45. The molecule has 3 aromatic carbocycles. The van der Waals surface area contributed by atoms with Crippen molar-refractivity contribution in [3.05, 3.63) is 89.5 Å². The number of nitrogens with two attached hydrogens (primary N) is 2. The molecule has 9 nitrogen and oxygen atoms in total. The number of ether oxygens (including phenoxy) is 4. The van der Waals surface area contributed by atoms with Crippen molar-refractivity contribution in [2.24, 2.45) is 5.41 Å². The Morgan fingerprint density at radius 2 is 1.31 bits per heavy atom. The third-order valence-corrected chi connectivity index (χ3v) is 5.41. The maximum Gasteiger partial charge on any atom is 0.422 e. The van der Waals surface area contributed by atoms with Gasteiger partial charge in [-0.05, 0) is 66.2 Å². The van der Waals surface area contributed by atoms with E-state index in [1.807, 2.05) is 0 Å². The van der Waals surface area contributed by atoms with Crippen LogP contribution >= 0.6 is 0 Å². The molecule has 3 rings (SSSR count). The van der Waals surface area contributed by atoms with Gasteiger partial charge in [-0.1, -0.05) is 26.0 Å². The third-order valence-electron chi connectivity index (χ3n) is 5.41. The first-order valence-electron chi connectivity index (χ1n) is 12.5. The molecular weight excluding hydrogens is 557 g/mol.